The van der Waals surface area contributed by atoms with Crippen LogP contribution in [0.3, 0.4) is 0 Å². The van der Waals surface area contributed by atoms with E-state index in [-0.39, 0.29) is 11.2 Å². The number of ketones is 1. The summed E-state index contributed by atoms with van der Waals surface area (Å²) in [5, 5.41) is 0. The molecule has 0 unspecified atom stereocenters. The fourth-order valence-corrected chi connectivity index (χ4v) is 5.69. The van der Waals surface area contributed by atoms with Crippen molar-refractivity contribution in [3.8, 4) is 0 Å². The van der Waals surface area contributed by atoms with Crippen LogP contribution >= 0.6 is 0 Å². The van der Waals surface area contributed by atoms with Gasteiger partial charge < -0.3 is 4.74 Å². The maximum atomic E-state index is 12.3. The van der Waals surface area contributed by atoms with E-state index in [4.69, 9.17) is 4.74 Å². The molecule has 1 aliphatic carbocycles. The molecule has 3 aliphatic rings. The third-order valence-electron chi connectivity index (χ3n) is 7.49. The molecular formula is C20H34O2. The lowest BCUT2D eigenvalue weighted by Crippen LogP contribution is -2.37. The molecule has 2 heterocycles. The Morgan fingerprint density at radius 2 is 1.86 bits per heavy atom. The van der Waals surface area contributed by atoms with E-state index in [1.807, 2.05) is 0 Å². The van der Waals surface area contributed by atoms with Crippen molar-refractivity contribution < 1.29 is 9.53 Å². The van der Waals surface area contributed by atoms with Gasteiger partial charge in [-0.1, -0.05) is 20.8 Å². The Hall–Kier alpha value is -0.370. The number of carbonyl (C=O) groups excluding carboxylic acids is 1. The van der Waals surface area contributed by atoms with Gasteiger partial charge in [-0.15, -0.1) is 0 Å². The first kappa shape index (κ1) is 16.5. The van der Waals surface area contributed by atoms with Gasteiger partial charge in [0.25, 0.3) is 0 Å². The predicted molar refractivity (Wildman–Crippen MR) is 89.7 cm³/mol. The molecule has 7 atom stereocenters. The van der Waals surface area contributed by atoms with Crippen molar-refractivity contribution in [1.82, 2.24) is 0 Å². The van der Waals surface area contributed by atoms with Crippen LogP contribution in [-0.2, 0) is 9.53 Å². The van der Waals surface area contributed by atoms with Crippen LogP contribution in [0.25, 0.3) is 0 Å². The molecule has 2 nitrogen and oxygen atoms in total. The molecule has 0 aromatic heterocycles. The van der Waals surface area contributed by atoms with Crippen molar-refractivity contribution in [2.24, 2.45) is 29.6 Å². The van der Waals surface area contributed by atoms with Gasteiger partial charge in [-0.3, -0.25) is 4.79 Å². The highest BCUT2D eigenvalue weighted by Gasteiger charge is 2.60. The summed E-state index contributed by atoms with van der Waals surface area (Å²) in [4.78, 5) is 12.3. The number of hydrogen-bond acceptors (Lipinski definition) is 2. The van der Waals surface area contributed by atoms with E-state index >= 15 is 0 Å². The average molecular weight is 306 g/mol. The summed E-state index contributed by atoms with van der Waals surface area (Å²) in [6, 6.07) is 0. The van der Waals surface area contributed by atoms with Crippen LogP contribution in [0, 0.1) is 29.6 Å². The van der Waals surface area contributed by atoms with Gasteiger partial charge in [0.2, 0.25) is 0 Å². The number of hydrogen-bond donors (Lipinski definition) is 0. The minimum atomic E-state index is 0.0962. The van der Waals surface area contributed by atoms with E-state index < -0.39 is 0 Å². The van der Waals surface area contributed by atoms with E-state index in [1.54, 1.807) is 0 Å². The molecule has 0 spiro atoms. The highest BCUT2D eigenvalue weighted by atomic mass is 16.5. The Balaban J connectivity index is 1.58. The van der Waals surface area contributed by atoms with Crippen LogP contribution < -0.4 is 0 Å². The molecule has 0 amide bonds. The molecule has 0 N–H and O–H groups in total. The molecule has 2 heteroatoms. The molecule has 3 fully saturated rings. The first-order valence-electron chi connectivity index (χ1n) is 9.48. The van der Waals surface area contributed by atoms with Crippen molar-refractivity contribution in [2.75, 3.05) is 0 Å². The fraction of sp³-hybridized carbons (Fsp3) is 0.950. The second-order valence-electron chi connectivity index (χ2n) is 9.14. The molecule has 22 heavy (non-hydrogen) atoms. The molecule has 2 aliphatic heterocycles. The first-order chi connectivity index (χ1) is 10.3. The van der Waals surface area contributed by atoms with Gasteiger partial charge in [-0.25, -0.2) is 0 Å². The molecular weight excluding hydrogens is 272 g/mol. The molecule has 2 bridgehead atoms. The van der Waals surface area contributed by atoms with Crippen molar-refractivity contribution in [1.29, 1.82) is 0 Å². The quantitative estimate of drug-likeness (QED) is 0.730. The first-order valence-corrected chi connectivity index (χ1v) is 9.48. The molecule has 126 valence electrons. The van der Waals surface area contributed by atoms with Gasteiger partial charge in [0, 0.05) is 12.3 Å². The molecule has 0 radical (unpaired) electrons. The number of Topliss-reactive ketones (excluding diaryl/α,β-unsaturated/α-hetero) is 1. The largest absolute Gasteiger partial charge is 0.369 e. The van der Waals surface area contributed by atoms with Crippen LogP contribution in [0.2, 0.25) is 0 Å². The Bertz CT molecular complexity index is 445. The van der Waals surface area contributed by atoms with Crippen molar-refractivity contribution in [3.63, 3.8) is 0 Å². The lowest BCUT2D eigenvalue weighted by molar-refractivity contribution is -0.127. The van der Waals surface area contributed by atoms with Gasteiger partial charge in [0.05, 0.1) is 11.2 Å². The Morgan fingerprint density at radius 3 is 2.45 bits per heavy atom. The minimum absolute atomic E-state index is 0.0962. The van der Waals surface area contributed by atoms with Crippen LogP contribution in [-0.4, -0.2) is 17.0 Å². The number of rotatable bonds is 4. The van der Waals surface area contributed by atoms with Gasteiger partial charge in [-0.2, -0.15) is 0 Å². The molecule has 3 rings (SSSR count). The lowest BCUT2D eigenvalue weighted by Gasteiger charge is -2.36. The van der Waals surface area contributed by atoms with Crippen molar-refractivity contribution >= 4 is 5.78 Å². The van der Waals surface area contributed by atoms with E-state index in [0.29, 0.717) is 35.4 Å². The zero-order valence-corrected chi connectivity index (χ0v) is 15.2. The smallest absolute Gasteiger partial charge is 0.136 e. The summed E-state index contributed by atoms with van der Waals surface area (Å²) in [6.45, 7) is 11.5. The van der Waals surface area contributed by atoms with Gasteiger partial charge in [0.1, 0.15) is 5.78 Å². The second-order valence-corrected chi connectivity index (χ2v) is 9.14. The van der Waals surface area contributed by atoms with Gasteiger partial charge >= 0.3 is 0 Å². The third-order valence-corrected chi connectivity index (χ3v) is 7.49. The normalized spacial score (nSPS) is 49.6. The van der Waals surface area contributed by atoms with E-state index in [9.17, 15) is 4.79 Å². The van der Waals surface area contributed by atoms with Crippen LogP contribution in [0.4, 0.5) is 0 Å². The Morgan fingerprint density at radius 1 is 1.18 bits per heavy atom. The van der Waals surface area contributed by atoms with Crippen molar-refractivity contribution in [2.45, 2.75) is 90.8 Å². The lowest BCUT2D eigenvalue weighted by atomic mass is 9.65. The average Bonchev–Trinajstić information content (AvgIpc) is 2.84. The highest BCUT2D eigenvalue weighted by molar-refractivity contribution is 5.82. The predicted octanol–water partition coefficient (Wildman–Crippen LogP) is 5.00. The van der Waals surface area contributed by atoms with E-state index in [1.165, 1.54) is 32.1 Å². The molecule has 1 saturated carbocycles. The molecule has 0 aromatic rings. The number of ether oxygens (including phenoxy) is 1. The topological polar surface area (TPSA) is 26.3 Å². The van der Waals surface area contributed by atoms with Crippen LogP contribution in [0.5, 0.6) is 0 Å². The second kappa shape index (κ2) is 5.61. The SMILES string of the molecule is C[C@@H]1CC[C@@H]([C@H](C)CC[C@@H]2[C@@H](C)[C@]3(C)CC[C@@]2(C)O3)C(=O)C1. The van der Waals surface area contributed by atoms with E-state index in [2.05, 4.69) is 34.6 Å². The summed E-state index contributed by atoms with van der Waals surface area (Å²) in [5.74, 6) is 3.33. The number of carbonyl (C=O) groups is 1. The summed E-state index contributed by atoms with van der Waals surface area (Å²) in [6.07, 6.45) is 8.02. The summed E-state index contributed by atoms with van der Waals surface area (Å²) in [5.41, 5.74) is 0.206. The monoisotopic (exact) mass is 306 g/mol. The highest BCUT2D eigenvalue weighted by Crippen LogP contribution is 2.58. The van der Waals surface area contributed by atoms with Crippen LogP contribution in [0.15, 0.2) is 0 Å². The van der Waals surface area contributed by atoms with Gasteiger partial charge in [-0.05, 0) is 76.0 Å². The Kier molecular flexibility index (Phi) is 4.21. The summed E-state index contributed by atoms with van der Waals surface area (Å²) in [7, 11) is 0. The molecule has 2 saturated heterocycles. The zero-order valence-electron chi connectivity index (χ0n) is 15.2. The third kappa shape index (κ3) is 2.66. The maximum absolute atomic E-state index is 12.3. The Labute approximate surface area is 136 Å². The minimum Gasteiger partial charge on any atom is -0.369 e. The standard InChI is InChI=1S/C20H34O2/c1-13-6-8-16(18(21)12-13)14(2)7-9-17-15(3)19(4)10-11-20(17,5)22-19/h13-17H,6-12H2,1-5H3/t13-,14-,15-,16+,17-,19+,20-/m1/s1. The molecule has 0 aromatic carbocycles. The van der Waals surface area contributed by atoms with E-state index in [0.717, 1.165) is 12.8 Å². The van der Waals surface area contributed by atoms with Crippen LogP contribution in [0.1, 0.15) is 79.6 Å². The summed E-state index contributed by atoms with van der Waals surface area (Å²) >= 11 is 0. The van der Waals surface area contributed by atoms with Gasteiger partial charge in [0.15, 0.2) is 0 Å². The fourth-order valence-electron chi connectivity index (χ4n) is 5.69. The maximum Gasteiger partial charge on any atom is 0.136 e. The number of fused-ring (bicyclic) bond motifs is 2. The zero-order chi connectivity index (χ0) is 16.1. The summed E-state index contributed by atoms with van der Waals surface area (Å²) < 4.78 is 6.42. The van der Waals surface area contributed by atoms with Crippen molar-refractivity contribution in [3.05, 3.63) is 0 Å².